The van der Waals surface area contributed by atoms with Crippen LogP contribution in [-0.4, -0.2) is 35.2 Å². The van der Waals surface area contributed by atoms with Gasteiger partial charge in [0.15, 0.2) is 0 Å². The summed E-state index contributed by atoms with van der Waals surface area (Å²) in [6.07, 6.45) is 15.6. The average molecular weight is 474 g/mol. The number of nitrogens with two attached hydrogens (primary N) is 1. The maximum Gasteiger partial charge on any atom is 0.501 e. The van der Waals surface area contributed by atoms with Gasteiger partial charge in [-0.05, 0) is 50.0 Å². The van der Waals surface area contributed by atoms with Crippen LogP contribution in [-0.2, 0) is 13.3 Å². The Labute approximate surface area is 203 Å². The minimum atomic E-state index is -2.75. The van der Waals surface area contributed by atoms with E-state index in [0.29, 0.717) is 24.3 Å². The fourth-order valence-electron chi connectivity index (χ4n) is 4.09. The summed E-state index contributed by atoms with van der Waals surface area (Å²) in [4.78, 5) is 0. The van der Waals surface area contributed by atoms with Crippen LogP contribution in [0.2, 0.25) is 6.04 Å². The van der Waals surface area contributed by atoms with Crippen LogP contribution in [0, 0.1) is 17.8 Å². The fraction of sp³-hybridized carbons (Fsp3) is 1.00. The van der Waals surface area contributed by atoms with Crippen LogP contribution in [0.5, 0.6) is 0 Å². The molecule has 194 valence electrons. The number of hydrogen-bond donors (Lipinski definition) is 1. The molecule has 0 rings (SSSR count). The Morgan fingerprint density at radius 1 is 0.562 bits per heavy atom. The molecule has 3 atom stereocenters. The van der Waals surface area contributed by atoms with E-state index in [0.717, 1.165) is 51.5 Å². The van der Waals surface area contributed by atoms with Gasteiger partial charge in [-0.3, -0.25) is 0 Å². The van der Waals surface area contributed by atoms with Gasteiger partial charge in [0, 0.05) is 25.9 Å². The molecule has 4 nitrogen and oxygen atoms in total. The molecule has 0 bridgehead atoms. The molecule has 0 aromatic rings. The Balaban J connectivity index is 5.38. The van der Waals surface area contributed by atoms with Gasteiger partial charge in [-0.25, -0.2) is 0 Å². The van der Waals surface area contributed by atoms with Crippen molar-refractivity contribution in [2.75, 3.05) is 26.4 Å². The molecular formula is C27H59NO3Si. The Morgan fingerprint density at radius 2 is 0.906 bits per heavy atom. The average Bonchev–Trinajstić information content (AvgIpc) is 2.82. The van der Waals surface area contributed by atoms with E-state index in [4.69, 9.17) is 19.0 Å². The van der Waals surface area contributed by atoms with Gasteiger partial charge in [-0.2, -0.15) is 0 Å². The molecular weight excluding hydrogens is 414 g/mol. The molecule has 0 amide bonds. The minimum Gasteiger partial charge on any atom is -0.373 e. The predicted octanol–water partition coefficient (Wildman–Crippen LogP) is 7.97. The highest BCUT2D eigenvalue weighted by Crippen LogP contribution is 2.26. The highest BCUT2D eigenvalue weighted by Gasteiger charge is 2.42. The normalized spacial score (nSPS) is 16.6. The lowest BCUT2D eigenvalue weighted by atomic mass is 10.0. The lowest BCUT2D eigenvalue weighted by Crippen LogP contribution is -2.49. The Kier molecular flexibility index (Phi) is 21.6. The zero-order chi connectivity index (χ0) is 24.1. The molecule has 0 radical (unpaired) electrons. The second-order valence-corrected chi connectivity index (χ2v) is 12.5. The van der Waals surface area contributed by atoms with Crippen LogP contribution in [0.25, 0.3) is 0 Å². The maximum atomic E-state index is 6.72. The molecule has 0 aliphatic heterocycles. The van der Waals surface area contributed by atoms with Crippen molar-refractivity contribution in [2.45, 2.75) is 131 Å². The van der Waals surface area contributed by atoms with Gasteiger partial charge in [0.1, 0.15) is 0 Å². The van der Waals surface area contributed by atoms with Gasteiger partial charge in [-0.15, -0.1) is 0 Å². The van der Waals surface area contributed by atoms with Crippen molar-refractivity contribution in [1.82, 2.24) is 0 Å². The second-order valence-electron chi connectivity index (χ2n) is 9.76. The highest BCUT2D eigenvalue weighted by molar-refractivity contribution is 6.60. The Morgan fingerprint density at radius 3 is 1.16 bits per heavy atom. The van der Waals surface area contributed by atoms with E-state index in [1.807, 2.05) is 0 Å². The smallest absolute Gasteiger partial charge is 0.373 e. The molecule has 0 aromatic heterocycles. The quantitative estimate of drug-likeness (QED) is 0.144. The second kappa shape index (κ2) is 21.6. The van der Waals surface area contributed by atoms with Crippen LogP contribution in [0.15, 0.2) is 0 Å². The van der Waals surface area contributed by atoms with E-state index in [2.05, 4.69) is 41.5 Å². The molecule has 3 unspecified atom stereocenters. The van der Waals surface area contributed by atoms with E-state index in [1.165, 1.54) is 57.8 Å². The third kappa shape index (κ3) is 15.1. The van der Waals surface area contributed by atoms with Crippen molar-refractivity contribution >= 4 is 8.80 Å². The standard InChI is InChI=1S/C27H59NO3Si/c1-7-13-17-25(10-4)22-29-32(21-16-20-28,30-23-26(11-5)18-14-8-2)31-24-27(12-6)19-15-9-3/h25-27H,7-24,28H2,1-6H3. The summed E-state index contributed by atoms with van der Waals surface area (Å²) in [5, 5.41) is 0. The van der Waals surface area contributed by atoms with Crippen molar-refractivity contribution in [1.29, 1.82) is 0 Å². The summed E-state index contributed by atoms with van der Waals surface area (Å²) in [6.45, 7) is 16.6. The molecule has 0 aliphatic carbocycles. The van der Waals surface area contributed by atoms with Crippen LogP contribution in [0.3, 0.4) is 0 Å². The Hall–Kier alpha value is 0.0569. The third-order valence-corrected chi connectivity index (χ3v) is 9.72. The van der Waals surface area contributed by atoms with E-state index in [1.54, 1.807) is 0 Å². The van der Waals surface area contributed by atoms with E-state index in [-0.39, 0.29) is 0 Å². The first-order valence-corrected chi connectivity index (χ1v) is 16.1. The SMILES string of the molecule is CCCCC(CC)CO[Si](CCCN)(OCC(CC)CCCC)OCC(CC)CCCC. The molecule has 32 heavy (non-hydrogen) atoms. The molecule has 0 saturated heterocycles. The van der Waals surface area contributed by atoms with Gasteiger partial charge < -0.3 is 19.0 Å². The summed E-state index contributed by atoms with van der Waals surface area (Å²) < 4.78 is 20.2. The van der Waals surface area contributed by atoms with Gasteiger partial charge in [-0.1, -0.05) is 99.3 Å². The van der Waals surface area contributed by atoms with Gasteiger partial charge in [0.05, 0.1) is 0 Å². The van der Waals surface area contributed by atoms with Crippen LogP contribution >= 0.6 is 0 Å². The molecule has 0 aromatic carbocycles. The van der Waals surface area contributed by atoms with Gasteiger partial charge >= 0.3 is 8.80 Å². The van der Waals surface area contributed by atoms with Crippen LogP contribution in [0.4, 0.5) is 0 Å². The first-order chi connectivity index (χ1) is 15.5. The maximum absolute atomic E-state index is 6.72. The van der Waals surface area contributed by atoms with E-state index >= 15 is 0 Å². The molecule has 0 saturated carbocycles. The summed E-state index contributed by atoms with van der Waals surface area (Å²) in [5.41, 5.74) is 5.93. The summed E-state index contributed by atoms with van der Waals surface area (Å²) in [5.74, 6) is 1.78. The molecule has 0 spiro atoms. The first-order valence-electron chi connectivity index (χ1n) is 14.2. The lowest BCUT2D eigenvalue weighted by Gasteiger charge is -2.34. The summed E-state index contributed by atoms with van der Waals surface area (Å²) in [7, 11) is -2.75. The molecule has 0 heterocycles. The highest BCUT2D eigenvalue weighted by atomic mass is 28.4. The van der Waals surface area contributed by atoms with Crippen molar-refractivity contribution in [3.05, 3.63) is 0 Å². The van der Waals surface area contributed by atoms with E-state index < -0.39 is 8.80 Å². The van der Waals surface area contributed by atoms with Crippen LogP contribution in [0.1, 0.15) is 125 Å². The molecule has 0 aliphatic rings. The Bertz CT molecular complexity index is 347. The zero-order valence-electron chi connectivity index (χ0n) is 22.8. The molecule has 5 heteroatoms. The number of unbranched alkanes of at least 4 members (excludes halogenated alkanes) is 3. The molecule has 2 N–H and O–H groups in total. The third-order valence-electron chi connectivity index (χ3n) is 6.93. The van der Waals surface area contributed by atoms with Crippen molar-refractivity contribution in [3.8, 4) is 0 Å². The lowest BCUT2D eigenvalue weighted by molar-refractivity contribution is 0.0242. The van der Waals surface area contributed by atoms with Crippen LogP contribution < -0.4 is 5.73 Å². The van der Waals surface area contributed by atoms with Crippen molar-refractivity contribution < 1.29 is 13.3 Å². The summed E-state index contributed by atoms with van der Waals surface area (Å²) >= 11 is 0. The monoisotopic (exact) mass is 473 g/mol. The fourth-order valence-corrected chi connectivity index (χ4v) is 6.88. The van der Waals surface area contributed by atoms with Gasteiger partial charge in [0.2, 0.25) is 0 Å². The number of hydrogen-bond acceptors (Lipinski definition) is 4. The van der Waals surface area contributed by atoms with Crippen molar-refractivity contribution in [3.63, 3.8) is 0 Å². The zero-order valence-corrected chi connectivity index (χ0v) is 23.8. The minimum absolute atomic E-state index is 0.594. The van der Waals surface area contributed by atoms with E-state index in [9.17, 15) is 0 Å². The molecule has 0 fully saturated rings. The number of rotatable bonds is 24. The topological polar surface area (TPSA) is 53.7 Å². The predicted molar refractivity (Wildman–Crippen MR) is 142 cm³/mol. The summed E-state index contributed by atoms with van der Waals surface area (Å²) in [6, 6.07) is 0.849. The van der Waals surface area contributed by atoms with Gasteiger partial charge in [0.25, 0.3) is 0 Å². The van der Waals surface area contributed by atoms with Crippen molar-refractivity contribution in [2.24, 2.45) is 23.5 Å². The first kappa shape index (κ1) is 32.1. The largest absolute Gasteiger partial charge is 0.501 e.